The third kappa shape index (κ3) is 4.75. The van der Waals surface area contributed by atoms with Gasteiger partial charge in [-0.1, -0.05) is 127 Å². The van der Waals surface area contributed by atoms with E-state index in [1.54, 1.807) is 0 Å². The molecule has 4 aromatic heterocycles. The van der Waals surface area contributed by atoms with Crippen LogP contribution >= 0.6 is 11.3 Å². The van der Waals surface area contributed by atoms with E-state index >= 15 is 0 Å². The number of benzene rings is 10. The van der Waals surface area contributed by atoms with E-state index in [1.807, 2.05) is 11.3 Å². The first-order valence-electron chi connectivity index (χ1n) is 20.5. The molecule has 5 heteroatoms. The fraction of sp³-hybridized carbons (Fsp3) is 0. The minimum atomic E-state index is 0.635. The van der Waals surface area contributed by atoms with Gasteiger partial charge >= 0.3 is 0 Å². The van der Waals surface area contributed by atoms with E-state index in [0.29, 0.717) is 5.82 Å². The Morgan fingerprint density at radius 1 is 0.344 bits per heavy atom. The van der Waals surface area contributed by atoms with Crippen molar-refractivity contribution < 1.29 is 8.83 Å². The molecule has 282 valence electrons. The first-order valence-corrected chi connectivity index (χ1v) is 21.4. The fourth-order valence-corrected chi connectivity index (χ4v) is 11.0. The van der Waals surface area contributed by atoms with E-state index in [0.717, 1.165) is 104 Å². The van der Waals surface area contributed by atoms with Crippen molar-refractivity contribution in [2.45, 2.75) is 0 Å². The highest BCUT2D eigenvalue weighted by atomic mass is 32.1. The zero-order valence-electron chi connectivity index (χ0n) is 32.4. The van der Waals surface area contributed by atoms with Crippen LogP contribution in [0.4, 0.5) is 0 Å². The normalized spacial score (nSPS) is 12.3. The third-order valence-electron chi connectivity index (χ3n) is 12.6. The van der Waals surface area contributed by atoms with Crippen molar-refractivity contribution in [1.82, 2.24) is 9.97 Å². The van der Waals surface area contributed by atoms with Crippen LogP contribution in [0.2, 0.25) is 0 Å². The summed E-state index contributed by atoms with van der Waals surface area (Å²) in [6.07, 6.45) is 0. The van der Waals surface area contributed by atoms with Crippen molar-refractivity contribution in [3.63, 3.8) is 0 Å². The number of rotatable bonds is 3. The van der Waals surface area contributed by atoms with Crippen LogP contribution in [0.3, 0.4) is 0 Å². The van der Waals surface area contributed by atoms with Crippen molar-refractivity contribution in [3.8, 4) is 33.9 Å². The van der Waals surface area contributed by atoms with Gasteiger partial charge in [-0.2, -0.15) is 0 Å². The van der Waals surface area contributed by atoms with Gasteiger partial charge in [0.1, 0.15) is 22.3 Å². The van der Waals surface area contributed by atoms with E-state index < -0.39 is 0 Å². The van der Waals surface area contributed by atoms with Crippen LogP contribution in [0.25, 0.3) is 141 Å². The van der Waals surface area contributed by atoms with E-state index in [2.05, 4.69) is 182 Å². The summed E-state index contributed by atoms with van der Waals surface area (Å²) in [6.45, 7) is 0. The molecule has 14 aromatic rings. The van der Waals surface area contributed by atoms with Gasteiger partial charge in [0.2, 0.25) is 0 Å². The Labute approximate surface area is 351 Å². The second-order valence-electron chi connectivity index (χ2n) is 16.0. The predicted octanol–water partition coefficient (Wildman–Crippen LogP) is 16.3. The summed E-state index contributed by atoms with van der Waals surface area (Å²) in [5, 5.41) is 16.0. The molecule has 0 aliphatic heterocycles. The number of hydrogen-bond acceptors (Lipinski definition) is 5. The van der Waals surface area contributed by atoms with Crippen molar-refractivity contribution in [3.05, 3.63) is 182 Å². The highest BCUT2D eigenvalue weighted by Gasteiger charge is 2.24. The van der Waals surface area contributed by atoms with Crippen LogP contribution in [-0.2, 0) is 0 Å². The zero-order chi connectivity index (χ0) is 39.8. The SMILES string of the molecule is c1ccc2c(c1)ccc1oc3c(-c4cc(-c5cc6ccccc6c6c5oc5ccc7ccccc7c56)nc(-c5ccc6sc7ccccc7c6c5)n4)cc4ccccc4c3c12. The maximum Gasteiger partial charge on any atom is 0.160 e. The van der Waals surface area contributed by atoms with Crippen molar-refractivity contribution in [2.24, 2.45) is 0 Å². The van der Waals surface area contributed by atoms with E-state index in [4.69, 9.17) is 18.8 Å². The van der Waals surface area contributed by atoms with E-state index in [-0.39, 0.29) is 0 Å². The number of fused-ring (bicyclic) bond motifs is 17. The van der Waals surface area contributed by atoms with Gasteiger partial charge in [-0.25, -0.2) is 9.97 Å². The first kappa shape index (κ1) is 33.0. The molecule has 0 aliphatic rings. The lowest BCUT2D eigenvalue weighted by atomic mass is 9.94. The van der Waals surface area contributed by atoms with Crippen LogP contribution in [0.15, 0.2) is 191 Å². The largest absolute Gasteiger partial charge is 0.455 e. The summed E-state index contributed by atoms with van der Waals surface area (Å²) in [6, 6.07) is 64.7. The summed E-state index contributed by atoms with van der Waals surface area (Å²) in [5.74, 6) is 0.635. The molecule has 0 bridgehead atoms. The average molecular weight is 795 g/mol. The molecule has 4 nitrogen and oxygen atoms in total. The second kappa shape index (κ2) is 12.3. The number of furan rings is 2. The van der Waals surface area contributed by atoms with Gasteiger partial charge in [0.05, 0.1) is 11.4 Å². The number of aromatic nitrogens is 2. The minimum absolute atomic E-state index is 0.635. The van der Waals surface area contributed by atoms with E-state index in [9.17, 15) is 0 Å². The highest BCUT2D eigenvalue weighted by Crippen LogP contribution is 2.47. The maximum absolute atomic E-state index is 6.97. The lowest BCUT2D eigenvalue weighted by molar-refractivity contribution is 0.670. The van der Waals surface area contributed by atoms with Gasteiger partial charge < -0.3 is 8.83 Å². The van der Waals surface area contributed by atoms with Crippen LogP contribution in [0, 0.1) is 0 Å². The quantitative estimate of drug-likeness (QED) is 0.179. The van der Waals surface area contributed by atoms with Crippen molar-refractivity contribution in [1.29, 1.82) is 0 Å². The molecule has 0 spiro atoms. The Balaban J connectivity index is 1.12. The third-order valence-corrected chi connectivity index (χ3v) is 13.8. The summed E-state index contributed by atoms with van der Waals surface area (Å²) < 4.78 is 16.4. The highest BCUT2D eigenvalue weighted by molar-refractivity contribution is 7.25. The summed E-state index contributed by atoms with van der Waals surface area (Å²) in [7, 11) is 0. The lowest BCUT2D eigenvalue weighted by Crippen LogP contribution is -1.97. The lowest BCUT2D eigenvalue weighted by Gasteiger charge is -2.12. The maximum atomic E-state index is 6.97. The van der Waals surface area contributed by atoms with Crippen LogP contribution < -0.4 is 0 Å². The molecule has 4 heterocycles. The molecule has 0 fully saturated rings. The predicted molar refractivity (Wildman–Crippen MR) is 256 cm³/mol. The summed E-state index contributed by atoms with van der Waals surface area (Å²) >= 11 is 1.81. The molecule has 0 radical (unpaired) electrons. The smallest absolute Gasteiger partial charge is 0.160 e. The van der Waals surface area contributed by atoms with Crippen LogP contribution in [0.5, 0.6) is 0 Å². The topological polar surface area (TPSA) is 52.1 Å². The Hall–Kier alpha value is -7.86. The summed E-state index contributed by atoms with van der Waals surface area (Å²) in [5.41, 5.74) is 7.62. The number of thiophene rings is 1. The monoisotopic (exact) mass is 794 g/mol. The Morgan fingerprint density at radius 3 is 1.36 bits per heavy atom. The first-order chi connectivity index (χ1) is 30.2. The molecule has 0 amide bonds. The van der Waals surface area contributed by atoms with Gasteiger partial charge in [-0.3, -0.25) is 0 Å². The standard InChI is InChI=1S/C56H30N2O2S/c1-5-15-36-31(11-1)21-24-46-50(36)52-38-17-7-3-13-33(38)27-42(54(52)59-46)44-30-45(58-56(57-44)35-23-26-49-41(29-35)40-19-9-10-20-48(40)61-49)43-28-34-14-4-8-18-39(34)53-51-37-16-6-2-12-32(37)22-25-47(51)60-55(43)53/h1-30H. The van der Waals surface area contributed by atoms with Crippen molar-refractivity contribution in [2.75, 3.05) is 0 Å². The van der Waals surface area contributed by atoms with Gasteiger partial charge in [-0.15, -0.1) is 11.3 Å². The fourth-order valence-electron chi connectivity index (χ4n) is 9.87. The average Bonchev–Trinajstić information content (AvgIpc) is 4.03. The molecule has 0 unspecified atom stereocenters. The van der Waals surface area contributed by atoms with Gasteiger partial charge in [0.15, 0.2) is 5.82 Å². The number of hydrogen-bond donors (Lipinski definition) is 0. The minimum Gasteiger partial charge on any atom is -0.455 e. The Morgan fingerprint density at radius 2 is 0.803 bits per heavy atom. The molecule has 0 saturated heterocycles. The van der Waals surface area contributed by atoms with Crippen LogP contribution in [0.1, 0.15) is 0 Å². The zero-order valence-corrected chi connectivity index (χ0v) is 33.3. The molecule has 10 aromatic carbocycles. The molecule has 0 N–H and O–H groups in total. The van der Waals surface area contributed by atoms with Gasteiger partial charge in [-0.05, 0) is 97.7 Å². The summed E-state index contributed by atoms with van der Waals surface area (Å²) in [4.78, 5) is 11.0. The van der Waals surface area contributed by atoms with Gasteiger partial charge in [0, 0.05) is 58.4 Å². The van der Waals surface area contributed by atoms with Crippen molar-refractivity contribution >= 4 is 118 Å². The Bertz CT molecular complexity index is 3980. The molecule has 0 atom stereocenters. The number of nitrogens with zero attached hydrogens (tertiary/aromatic N) is 2. The molecule has 14 rings (SSSR count). The molecular weight excluding hydrogens is 765 g/mol. The molecule has 0 saturated carbocycles. The van der Waals surface area contributed by atoms with E-state index in [1.165, 1.54) is 30.9 Å². The molecular formula is C56H30N2O2S. The molecule has 61 heavy (non-hydrogen) atoms. The molecule has 0 aliphatic carbocycles. The van der Waals surface area contributed by atoms with Crippen LogP contribution in [-0.4, -0.2) is 9.97 Å². The Kier molecular flexibility index (Phi) is 6.68. The second-order valence-corrected chi connectivity index (χ2v) is 17.1. The van der Waals surface area contributed by atoms with Gasteiger partial charge in [0.25, 0.3) is 0 Å².